The highest BCUT2D eigenvalue weighted by molar-refractivity contribution is 5.25. The van der Waals surface area contributed by atoms with Gasteiger partial charge in [0.05, 0.1) is 0 Å². The van der Waals surface area contributed by atoms with Gasteiger partial charge < -0.3 is 0 Å². The summed E-state index contributed by atoms with van der Waals surface area (Å²) in [4.78, 5) is 0. The van der Waals surface area contributed by atoms with Crippen molar-refractivity contribution < 1.29 is 0 Å². The molecule has 0 aromatic heterocycles. The molecular formula is C12H22. The maximum atomic E-state index is 3.77. The second-order valence-corrected chi connectivity index (χ2v) is 2.83. The van der Waals surface area contributed by atoms with Gasteiger partial charge in [-0.2, -0.15) is 0 Å². The van der Waals surface area contributed by atoms with Gasteiger partial charge in [0.1, 0.15) is 0 Å². The summed E-state index contributed by atoms with van der Waals surface area (Å²) in [6.45, 7) is 15.8. The summed E-state index contributed by atoms with van der Waals surface area (Å²) in [6.07, 6.45) is 6.21. The molecule has 0 fully saturated rings. The van der Waals surface area contributed by atoms with Crippen molar-refractivity contribution in [3.63, 3.8) is 0 Å². The number of hydrogen-bond donors (Lipinski definition) is 0. The molecule has 70 valence electrons. The zero-order chi connectivity index (χ0) is 9.98. The minimum Gasteiger partial charge on any atom is -0.0988 e. The molecule has 0 spiro atoms. The average Bonchev–Trinajstić information content (AvgIpc) is 2.01. The highest BCUT2D eigenvalue weighted by atomic mass is 13.9. The van der Waals surface area contributed by atoms with E-state index in [4.69, 9.17) is 0 Å². The molecule has 0 bridgehead atoms. The molecule has 0 saturated carbocycles. The molecule has 0 heterocycles. The number of allylic oxidation sites excluding steroid dienone is 4. The normalized spacial score (nSPS) is 9.83. The van der Waals surface area contributed by atoms with Gasteiger partial charge in [0.15, 0.2) is 0 Å². The third-order valence-electron chi connectivity index (χ3n) is 1.10. The Kier molecular flexibility index (Phi) is 11.7. The molecule has 0 N–H and O–H groups in total. The lowest BCUT2D eigenvalue weighted by Crippen LogP contribution is -1.73. The molecule has 0 aliphatic rings. The van der Waals surface area contributed by atoms with Crippen LogP contribution in [-0.2, 0) is 0 Å². The molecule has 0 heteroatoms. The second-order valence-electron chi connectivity index (χ2n) is 2.83. The first-order valence-corrected chi connectivity index (χ1v) is 4.60. The molecule has 0 aliphatic heterocycles. The van der Waals surface area contributed by atoms with E-state index in [2.05, 4.69) is 33.9 Å². The van der Waals surface area contributed by atoms with E-state index in [9.17, 15) is 0 Å². The van der Waals surface area contributed by atoms with Crippen LogP contribution >= 0.6 is 0 Å². The quantitative estimate of drug-likeness (QED) is 0.541. The first kappa shape index (κ1) is 13.8. The highest BCUT2D eigenvalue weighted by Crippen LogP contribution is 2.04. The van der Waals surface area contributed by atoms with E-state index in [1.807, 2.05) is 19.1 Å². The van der Waals surface area contributed by atoms with Gasteiger partial charge >= 0.3 is 0 Å². The van der Waals surface area contributed by atoms with Gasteiger partial charge in [0.25, 0.3) is 0 Å². The summed E-state index contributed by atoms with van der Waals surface area (Å²) < 4.78 is 0. The van der Waals surface area contributed by atoms with Gasteiger partial charge in [-0.25, -0.2) is 0 Å². The maximum Gasteiger partial charge on any atom is -0.0308 e. The first-order chi connectivity index (χ1) is 5.62. The van der Waals surface area contributed by atoms with E-state index in [0.717, 1.165) is 12.0 Å². The lowest BCUT2D eigenvalue weighted by atomic mass is 10.1. The molecule has 0 radical (unpaired) electrons. The van der Waals surface area contributed by atoms with Crippen LogP contribution in [0.2, 0.25) is 0 Å². The van der Waals surface area contributed by atoms with Crippen LogP contribution in [0.1, 0.15) is 40.5 Å². The van der Waals surface area contributed by atoms with Crippen LogP contribution in [-0.4, -0.2) is 0 Å². The van der Waals surface area contributed by atoms with Crippen LogP contribution in [0.3, 0.4) is 0 Å². The van der Waals surface area contributed by atoms with Gasteiger partial charge in [-0.05, 0) is 18.9 Å². The van der Waals surface area contributed by atoms with Crippen LogP contribution in [0.25, 0.3) is 0 Å². The average molecular weight is 166 g/mol. The summed E-state index contributed by atoms with van der Waals surface area (Å²) in [7, 11) is 0. The van der Waals surface area contributed by atoms with E-state index in [0.29, 0.717) is 0 Å². The predicted octanol–water partition coefficient (Wildman–Crippen LogP) is 4.50. The maximum absolute atomic E-state index is 3.77. The summed E-state index contributed by atoms with van der Waals surface area (Å²) in [5.74, 6) is 0. The van der Waals surface area contributed by atoms with Gasteiger partial charge in [-0.1, -0.05) is 58.1 Å². The Labute approximate surface area is 77.7 Å². The Morgan fingerprint density at radius 2 is 1.67 bits per heavy atom. The lowest BCUT2D eigenvalue weighted by molar-refractivity contribution is 1.09. The van der Waals surface area contributed by atoms with Crippen LogP contribution in [0, 0.1) is 0 Å². The molecule has 12 heavy (non-hydrogen) atoms. The van der Waals surface area contributed by atoms with Crippen molar-refractivity contribution in [3.05, 3.63) is 36.5 Å². The fourth-order valence-electron chi connectivity index (χ4n) is 0.622. The monoisotopic (exact) mass is 166 g/mol. The van der Waals surface area contributed by atoms with Gasteiger partial charge in [-0.15, -0.1) is 0 Å². The molecule has 0 rings (SSSR count). The van der Waals surface area contributed by atoms with E-state index >= 15 is 0 Å². The van der Waals surface area contributed by atoms with Crippen molar-refractivity contribution in [1.82, 2.24) is 0 Å². The topological polar surface area (TPSA) is 0 Å². The summed E-state index contributed by atoms with van der Waals surface area (Å²) in [6, 6.07) is 0. The van der Waals surface area contributed by atoms with E-state index in [-0.39, 0.29) is 0 Å². The Hall–Kier alpha value is -0.780. The number of rotatable bonds is 3. The smallest absolute Gasteiger partial charge is 0.0308 e. The summed E-state index contributed by atoms with van der Waals surface area (Å²) >= 11 is 0. The van der Waals surface area contributed by atoms with Crippen molar-refractivity contribution in [3.8, 4) is 0 Å². The molecule has 0 aliphatic carbocycles. The standard InChI is InChI=1S/C9H14.C3H8/c1-5-9(6-2)7-8(3)4;1-3-2/h5,7H,1,3,6H2,2,4H3;3H2,1-2H3/b9-7+;. The van der Waals surface area contributed by atoms with Crippen molar-refractivity contribution in [1.29, 1.82) is 0 Å². The Bertz CT molecular complexity index is 149. The van der Waals surface area contributed by atoms with Crippen molar-refractivity contribution in [2.75, 3.05) is 0 Å². The van der Waals surface area contributed by atoms with Crippen molar-refractivity contribution >= 4 is 0 Å². The Morgan fingerprint density at radius 1 is 1.25 bits per heavy atom. The third-order valence-corrected chi connectivity index (χ3v) is 1.10. The fourth-order valence-corrected chi connectivity index (χ4v) is 0.622. The van der Waals surface area contributed by atoms with Crippen molar-refractivity contribution in [2.45, 2.75) is 40.5 Å². The summed E-state index contributed by atoms with van der Waals surface area (Å²) in [5.41, 5.74) is 2.34. The zero-order valence-electron chi connectivity index (χ0n) is 8.98. The van der Waals surface area contributed by atoms with Crippen LogP contribution in [0.5, 0.6) is 0 Å². The highest BCUT2D eigenvalue weighted by Gasteiger charge is 1.83. The Balaban J connectivity index is 0. The number of hydrogen-bond acceptors (Lipinski definition) is 0. The molecule has 0 amide bonds. The van der Waals surface area contributed by atoms with Crippen LogP contribution < -0.4 is 0 Å². The predicted molar refractivity (Wildman–Crippen MR) is 59.4 cm³/mol. The van der Waals surface area contributed by atoms with Gasteiger partial charge in [0, 0.05) is 0 Å². The minimum atomic E-state index is 1.04. The van der Waals surface area contributed by atoms with E-state index < -0.39 is 0 Å². The molecule has 0 aromatic rings. The van der Waals surface area contributed by atoms with Gasteiger partial charge in [0.2, 0.25) is 0 Å². The molecular weight excluding hydrogens is 144 g/mol. The second kappa shape index (κ2) is 10.2. The van der Waals surface area contributed by atoms with Crippen molar-refractivity contribution in [2.24, 2.45) is 0 Å². The van der Waals surface area contributed by atoms with Gasteiger partial charge in [-0.3, -0.25) is 0 Å². The molecule has 0 aromatic carbocycles. The molecule has 0 saturated heterocycles. The molecule has 0 nitrogen and oxygen atoms in total. The third kappa shape index (κ3) is 12.0. The van der Waals surface area contributed by atoms with Crippen LogP contribution in [0.4, 0.5) is 0 Å². The first-order valence-electron chi connectivity index (χ1n) is 4.60. The minimum absolute atomic E-state index is 1.04. The van der Waals surface area contributed by atoms with E-state index in [1.54, 1.807) is 0 Å². The fraction of sp³-hybridized carbons (Fsp3) is 0.500. The molecule has 0 atom stereocenters. The van der Waals surface area contributed by atoms with E-state index in [1.165, 1.54) is 12.0 Å². The molecule has 0 unspecified atom stereocenters. The lowest BCUT2D eigenvalue weighted by Gasteiger charge is -1.93. The Morgan fingerprint density at radius 3 is 1.75 bits per heavy atom. The summed E-state index contributed by atoms with van der Waals surface area (Å²) in [5, 5.41) is 0. The zero-order valence-corrected chi connectivity index (χ0v) is 8.98. The van der Waals surface area contributed by atoms with Crippen LogP contribution in [0.15, 0.2) is 36.5 Å². The largest absolute Gasteiger partial charge is 0.0988 e. The SMILES string of the molecule is C=C/C(=C\C(=C)C)CC.CCC.